The second-order valence-electron chi connectivity index (χ2n) is 3.81. The first kappa shape index (κ1) is 16.0. The van der Waals surface area contributed by atoms with Crippen molar-refractivity contribution in [3.05, 3.63) is 28.2 Å². The van der Waals surface area contributed by atoms with Gasteiger partial charge >= 0.3 is 11.9 Å². The van der Waals surface area contributed by atoms with Gasteiger partial charge in [-0.25, -0.2) is 4.79 Å². The Bertz CT molecular complexity index is 545. The van der Waals surface area contributed by atoms with E-state index in [1.807, 2.05) is 0 Å². The van der Waals surface area contributed by atoms with Crippen LogP contribution in [0, 0.1) is 0 Å². The summed E-state index contributed by atoms with van der Waals surface area (Å²) < 4.78 is 5.41. The molecule has 7 nitrogen and oxygen atoms in total. The number of hydrogen-bond acceptors (Lipinski definition) is 4. The Morgan fingerprint density at radius 2 is 2.00 bits per heavy atom. The number of carbonyl (C=O) groups excluding carboxylic acids is 1. The molecule has 0 fully saturated rings. The molecule has 0 saturated heterocycles. The van der Waals surface area contributed by atoms with Crippen LogP contribution < -0.4 is 10.1 Å². The molecule has 108 valence electrons. The molecule has 0 radical (unpaired) electrons. The number of aliphatic carboxylic acids is 2. The molecule has 3 N–H and O–H groups in total. The SMILES string of the molecule is COc1ccc(Br)c(C(=O)NC(CC(=O)O)C(=O)O)c1. The lowest BCUT2D eigenvalue weighted by Gasteiger charge is -2.13. The van der Waals surface area contributed by atoms with Gasteiger partial charge in [-0.2, -0.15) is 0 Å². The van der Waals surface area contributed by atoms with Gasteiger partial charge in [0.05, 0.1) is 19.1 Å². The molecule has 20 heavy (non-hydrogen) atoms. The van der Waals surface area contributed by atoms with Crippen molar-refractivity contribution in [1.29, 1.82) is 0 Å². The van der Waals surface area contributed by atoms with Crippen molar-refractivity contribution in [2.75, 3.05) is 7.11 Å². The van der Waals surface area contributed by atoms with Gasteiger partial charge in [0.25, 0.3) is 5.91 Å². The highest BCUT2D eigenvalue weighted by Gasteiger charge is 2.24. The van der Waals surface area contributed by atoms with Crippen LogP contribution in [0.3, 0.4) is 0 Å². The average Bonchev–Trinajstić information content (AvgIpc) is 2.37. The fraction of sp³-hybridized carbons (Fsp3) is 0.250. The summed E-state index contributed by atoms with van der Waals surface area (Å²) >= 11 is 3.16. The van der Waals surface area contributed by atoms with Crippen LogP contribution in [0.4, 0.5) is 0 Å². The molecule has 1 rings (SSSR count). The normalized spacial score (nSPS) is 11.5. The van der Waals surface area contributed by atoms with E-state index in [1.54, 1.807) is 12.1 Å². The second-order valence-corrected chi connectivity index (χ2v) is 4.66. The van der Waals surface area contributed by atoms with Gasteiger partial charge < -0.3 is 20.3 Å². The van der Waals surface area contributed by atoms with Crippen molar-refractivity contribution < 1.29 is 29.3 Å². The minimum atomic E-state index is -1.50. The molecule has 8 heteroatoms. The van der Waals surface area contributed by atoms with E-state index in [9.17, 15) is 14.4 Å². The van der Waals surface area contributed by atoms with E-state index in [1.165, 1.54) is 13.2 Å². The highest BCUT2D eigenvalue weighted by molar-refractivity contribution is 9.10. The largest absolute Gasteiger partial charge is 0.497 e. The number of rotatable bonds is 6. The highest BCUT2D eigenvalue weighted by Crippen LogP contribution is 2.22. The molecule has 1 aromatic carbocycles. The van der Waals surface area contributed by atoms with Gasteiger partial charge in [-0.3, -0.25) is 9.59 Å². The molecule has 0 aliphatic rings. The molecule has 1 unspecified atom stereocenters. The zero-order chi connectivity index (χ0) is 15.3. The number of methoxy groups -OCH3 is 1. The maximum Gasteiger partial charge on any atom is 0.326 e. The lowest BCUT2D eigenvalue weighted by molar-refractivity contribution is -0.145. The standard InChI is InChI=1S/C12H12BrNO6/c1-20-6-2-3-8(13)7(4-6)11(17)14-9(12(18)19)5-10(15)16/h2-4,9H,5H2,1H3,(H,14,17)(H,15,16)(H,18,19). The molecular weight excluding hydrogens is 334 g/mol. The number of carboxylic acids is 2. The first-order chi connectivity index (χ1) is 9.35. The molecule has 1 aromatic rings. The number of hydrogen-bond donors (Lipinski definition) is 3. The lowest BCUT2D eigenvalue weighted by Crippen LogP contribution is -2.42. The van der Waals surface area contributed by atoms with E-state index < -0.39 is 30.3 Å². The number of amides is 1. The summed E-state index contributed by atoms with van der Waals surface area (Å²) in [7, 11) is 1.43. The number of halogens is 1. The molecule has 0 bridgehead atoms. The van der Waals surface area contributed by atoms with Gasteiger partial charge in [-0.1, -0.05) is 0 Å². The summed E-state index contributed by atoms with van der Waals surface area (Å²) in [5.41, 5.74) is 0.154. The van der Waals surface area contributed by atoms with Crippen LogP contribution in [0.2, 0.25) is 0 Å². The van der Waals surface area contributed by atoms with Crippen molar-refractivity contribution >= 4 is 33.8 Å². The molecule has 0 saturated carbocycles. The van der Waals surface area contributed by atoms with Crippen LogP contribution in [-0.2, 0) is 9.59 Å². The Labute approximate surface area is 122 Å². The third kappa shape index (κ3) is 4.23. The zero-order valence-electron chi connectivity index (χ0n) is 10.4. The van der Waals surface area contributed by atoms with Gasteiger partial charge in [-0.15, -0.1) is 0 Å². The topological polar surface area (TPSA) is 113 Å². The predicted molar refractivity (Wildman–Crippen MR) is 71.8 cm³/mol. The number of carbonyl (C=O) groups is 3. The molecule has 0 aliphatic carbocycles. The van der Waals surface area contributed by atoms with E-state index in [2.05, 4.69) is 21.2 Å². The Hall–Kier alpha value is -2.09. The molecule has 0 aromatic heterocycles. The molecule has 1 amide bonds. The first-order valence-electron chi connectivity index (χ1n) is 5.44. The summed E-state index contributed by atoms with van der Waals surface area (Å²) in [6, 6.07) is 3.10. The fourth-order valence-electron chi connectivity index (χ4n) is 1.42. The summed E-state index contributed by atoms with van der Waals surface area (Å²) in [4.78, 5) is 33.4. The van der Waals surface area contributed by atoms with E-state index in [0.29, 0.717) is 10.2 Å². The summed E-state index contributed by atoms with van der Waals surface area (Å²) in [6.45, 7) is 0. The number of nitrogens with one attached hydrogen (secondary N) is 1. The van der Waals surface area contributed by atoms with Crippen LogP contribution in [0.1, 0.15) is 16.8 Å². The highest BCUT2D eigenvalue weighted by atomic mass is 79.9. The summed E-state index contributed by atoms with van der Waals surface area (Å²) in [6.07, 6.45) is -0.706. The Kier molecular flexibility index (Phi) is 5.51. The first-order valence-corrected chi connectivity index (χ1v) is 6.23. The number of benzene rings is 1. The Morgan fingerprint density at radius 1 is 1.35 bits per heavy atom. The van der Waals surface area contributed by atoms with Crippen molar-refractivity contribution in [3.63, 3.8) is 0 Å². The number of carboxylic acid groups (broad SMARTS) is 2. The van der Waals surface area contributed by atoms with E-state index in [-0.39, 0.29) is 5.56 Å². The Balaban J connectivity index is 2.94. The molecular formula is C12H12BrNO6. The zero-order valence-corrected chi connectivity index (χ0v) is 12.0. The van der Waals surface area contributed by atoms with Gasteiger partial charge in [0.1, 0.15) is 11.8 Å². The van der Waals surface area contributed by atoms with E-state index in [0.717, 1.165) is 0 Å². The molecule has 0 spiro atoms. The summed E-state index contributed by atoms with van der Waals surface area (Å²) in [5.74, 6) is -3.02. The lowest BCUT2D eigenvalue weighted by atomic mass is 10.1. The van der Waals surface area contributed by atoms with Gasteiger partial charge in [-0.05, 0) is 34.1 Å². The van der Waals surface area contributed by atoms with Gasteiger partial charge in [0.15, 0.2) is 0 Å². The van der Waals surface area contributed by atoms with Crippen LogP contribution in [0.25, 0.3) is 0 Å². The molecule has 0 heterocycles. The van der Waals surface area contributed by atoms with E-state index >= 15 is 0 Å². The maximum absolute atomic E-state index is 12.0. The molecule has 0 aliphatic heterocycles. The third-order valence-electron chi connectivity index (χ3n) is 2.40. The summed E-state index contributed by atoms with van der Waals surface area (Å²) in [5, 5.41) is 19.6. The minimum absolute atomic E-state index is 0.154. The van der Waals surface area contributed by atoms with Crippen LogP contribution in [-0.4, -0.2) is 41.2 Å². The van der Waals surface area contributed by atoms with Crippen molar-refractivity contribution in [1.82, 2.24) is 5.32 Å². The van der Waals surface area contributed by atoms with Crippen LogP contribution in [0.15, 0.2) is 22.7 Å². The monoisotopic (exact) mass is 345 g/mol. The third-order valence-corrected chi connectivity index (χ3v) is 3.09. The predicted octanol–water partition coefficient (Wildman–Crippen LogP) is 1.12. The minimum Gasteiger partial charge on any atom is -0.497 e. The number of ether oxygens (including phenoxy) is 1. The quantitative estimate of drug-likeness (QED) is 0.711. The van der Waals surface area contributed by atoms with Crippen molar-refractivity contribution in [2.45, 2.75) is 12.5 Å². The maximum atomic E-state index is 12.0. The van der Waals surface area contributed by atoms with Gasteiger partial charge in [0, 0.05) is 4.47 Å². The van der Waals surface area contributed by atoms with Crippen molar-refractivity contribution in [3.8, 4) is 5.75 Å². The van der Waals surface area contributed by atoms with Crippen LogP contribution in [0.5, 0.6) is 5.75 Å². The smallest absolute Gasteiger partial charge is 0.326 e. The average molecular weight is 346 g/mol. The van der Waals surface area contributed by atoms with Gasteiger partial charge in [0.2, 0.25) is 0 Å². The fourth-order valence-corrected chi connectivity index (χ4v) is 1.84. The molecule has 1 atom stereocenters. The Morgan fingerprint density at radius 3 is 2.50 bits per heavy atom. The van der Waals surface area contributed by atoms with Crippen LogP contribution >= 0.6 is 15.9 Å². The van der Waals surface area contributed by atoms with Crippen molar-refractivity contribution in [2.24, 2.45) is 0 Å². The second kappa shape index (κ2) is 6.90. The van der Waals surface area contributed by atoms with E-state index in [4.69, 9.17) is 14.9 Å².